The van der Waals surface area contributed by atoms with Crippen molar-refractivity contribution in [3.8, 4) is 0 Å². The van der Waals surface area contributed by atoms with Gasteiger partial charge >= 0.3 is 0 Å². The average molecular weight is 317 g/mol. The molecule has 1 aliphatic rings. The SMILES string of the molecule is CCCC(C(N)=S)N1CCN(CCOCCCOC)CC1. The van der Waals surface area contributed by atoms with Gasteiger partial charge in [0.05, 0.1) is 17.6 Å². The van der Waals surface area contributed by atoms with E-state index in [2.05, 4.69) is 16.7 Å². The van der Waals surface area contributed by atoms with E-state index in [-0.39, 0.29) is 6.04 Å². The largest absolute Gasteiger partial charge is 0.392 e. The summed E-state index contributed by atoms with van der Waals surface area (Å²) in [5.41, 5.74) is 5.87. The number of thiocarbonyl (C=S) groups is 1. The first-order valence-electron chi connectivity index (χ1n) is 8.01. The average Bonchev–Trinajstić information content (AvgIpc) is 2.49. The number of rotatable bonds is 11. The van der Waals surface area contributed by atoms with Gasteiger partial charge in [0.25, 0.3) is 0 Å². The zero-order valence-corrected chi connectivity index (χ0v) is 14.4. The fourth-order valence-electron chi connectivity index (χ4n) is 2.68. The van der Waals surface area contributed by atoms with Crippen LogP contribution in [0.3, 0.4) is 0 Å². The Hall–Kier alpha value is -0.270. The summed E-state index contributed by atoms with van der Waals surface area (Å²) < 4.78 is 10.6. The number of nitrogens with two attached hydrogens (primary N) is 1. The highest BCUT2D eigenvalue weighted by atomic mass is 32.1. The summed E-state index contributed by atoms with van der Waals surface area (Å²) in [6.07, 6.45) is 3.16. The predicted octanol–water partition coefficient (Wildman–Crippen LogP) is 1.11. The summed E-state index contributed by atoms with van der Waals surface area (Å²) in [6.45, 7) is 9.79. The van der Waals surface area contributed by atoms with Crippen molar-refractivity contribution < 1.29 is 9.47 Å². The number of hydrogen-bond donors (Lipinski definition) is 1. The molecule has 0 aromatic rings. The number of piperazine rings is 1. The van der Waals surface area contributed by atoms with Crippen molar-refractivity contribution in [3.05, 3.63) is 0 Å². The Labute approximate surface area is 134 Å². The van der Waals surface area contributed by atoms with Crippen LogP contribution in [0.25, 0.3) is 0 Å². The molecule has 6 heteroatoms. The van der Waals surface area contributed by atoms with Gasteiger partial charge < -0.3 is 15.2 Å². The highest BCUT2D eigenvalue weighted by Gasteiger charge is 2.24. The van der Waals surface area contributed by atoms with Gasteiger partial charge in [-0.3, -0.25) is 9.80 Å². The first-order chi connectivity index (χ1) is 10.2. The van der Waals surface area contributed by atoms with Crippen molar-refractivity contribution in [2.75, 3.05) is 59.7 Å². The molecule has 1 rings (SSSR count). The van der Waals surface area contributed by atoms with Crippen molar-refractivity contribution in [2.45, 2.75) is 32.2 Å². The molecule has 0 aliphatic carbocycles. The van der Waals surface area contributed by atoms with Gasteiger partial charge in [0.1, 0.15) is 0 Å². The van der Waals surface area contributed by atoms with E-state index in [0.29, 0.717) is 4.99 Å². The monoisotopic (exact) mass is 317 g/mol. The van der Waals surface area contributed by atoms with E-state index in [0.717, 1.165) is 71.8 Å². The van der Waals surface area contributed by atoms with Gasteiger partial charge in [-0.15, -0.1) is 0 Å². The van der Waals surface area contributed by atoms with Crippen molar-refractivity contribution in [2.24, 2.45) is 5.73 Å². The molecule has 2 N–H and O–H groups in total. The van der Waals surface area contributed by atoms with Gasteiger partial charge in [0.2, 0.25) is 0 Å². The second-order valence-corrected chi connectivity index (χ2v) is 6.01. The highest BCUT2D eigenvalue weighted by molar-refractivity contribution is 7.80. The highest BCUT2D eigenvalue weighted by Crippen LogP contribution is 2.11. The number of ether oxygens (including phenoxy) is 2. The van der Waals surface area contributed by atoms with E-state index >= 15 is 0 Å². The van der Waals surface area contributed by atoms with Crippen LogP contribution >= 0.6 is 12.2 Å². The van der Waals surface area contributed by atoms with Crippen molar-refractivity contribution in [1.82, 2.24) is 9.80 Å². The minimum Gasteiger partial charge on any atom is -0.392 e. The van der Waals surface area contributed by atoms with E-state index in [1.807, 2.05) is 0 Å². The molecule has 1 fully saturated rings. The second-order valence-electron chi connectivity index (χ2n) is 5.54. The van der Waals surface area contributed by atoms with Crippen LogP contribution in [0.5, 0.6) is 0 Å². The molecule has 0 spiro atoms. The maximum atomic E-state index is 5.87. The third-order valence-corrected chi connectivity index (χ3v) is 4.20. The summed E-state index contributed by atoms with van der Waals surface area (Å²) in [7, 11) is 1.72. The van der Waals surface area contributed by atoms with Gasteiger partial charge in [-0.25, -0.2) is 0 Å². The minimum absolute atomic E-state index is 0.275. The molecule has 21 heavy (non-hydrogen) atoms. The normalized spacial score (nSPS) is 18.8. The Morgan fingerprint density at radius 3 is 2.48 bits per heavy atom. The topological polar surface area (TPSA) is 51.0 Å². The summed E-state index contributed by atoms with van der Waals surface area (Å²) in [4.78, 5) is 5.53. The molecular formula is C15H31N3O2S. The molecular weight excluding hydrogens is 286 g/mol. The standard InChI is InChI=1S/C15H31N3O2S/c1-3-5-14(15(16)21)18-8-6-17(7-9-18)10-13-20-12-4-11-19-2/h14H,3-13H2,1-2H3,(H2,16,21). The summed E-state index contributed by atoms with van der Waals surface area (Å²) >= 11 is 5.21. The lowest BCUT2D eigenvalue weighted by molar-refractivity contribution is 0.0606. The zero-order valence-electron chi connectivity index (χ0n) is 13.6. The predicted molar refractivity (Wildman–Crippen MR) is 90.8 cm³/mol. The lowest BCUT2D eigenvalue weighted by atomic mass is 10.1. The van der Waals surface area contributed by atoms with Crippen molar-refractivity contribution in [3.63, 3.8) is 0 Å². The fourth-order valence-corrected chi connectivity index (χ4v) is 2.94. The molecule has 1 unspecified atom stereocenters. The third kappa shape index (κ3) is 7.51. The zero-order chi connectivity index (χ0) is 15.5. The van der Waals surface area contributed by atoms with E-state index in [9.17, 15) is 0 Å². The molecule has 124 valence electrons. The lowest BCUT2D eigenvalue weighted by Gasteiger charge is -2.38. The molecule has 0 radical (unpaired) electrons. The second kappa shape index (κ2) is 11.3. The lowest BCUT2D eigenvalue weighted by Crippen LogP contribution is -2.54. The molecule has 1 saturated heterocycles. The van der Waals surface area contributed by atoms with E-state index < -0.39 is 0 Å². The molecule has 1 aliphatic heterocycles. The van der Waals surface area contributed by atoms with Crippen LogP contribution in [0.1, 0.15) is 26.2 Å². The van der Waals surface area contributed by atoms with Crippen molar-refractivity contribution in [1.29, 1.82) is 0 Å². The Bertz CT molecular complexity index is 284. The summed E-state index contributed by atoms with van der Waals surface area (Å²) in [6, 6.07) is 0.275. The van der Waals surface area contributed by atoms with Crippen LogP contribution in [-0.4, -0.2) is 80.5 Å². The third-order valence-electron chi connectivity index (χ3n) is 3.93. The molecule has 0 amide bonds. The number of methoxy groups -OCH3 is 1. The molecule has 0 aromatic heterocycles. The van der Waals surface area contributed by atoms with E-state index in [1.165, 1.54) is 0 Å². The quantitative estimate of drug-likeness (QED) is 0.455. The van der Waals surface area contributed by atoms with Crippen molar-refractivity contribution >= 4 is 17.2 Å². The first-order valence-corrected chi connectivity index (χ1v) is 8.42. The number of nitrogens with zero attached hydrogens (tertiary/aromatic N) is 2. The van der Waals surface area contributed by atoms with E-state index in [4.69, 9.17) is 27.4 Å². The molecule has 0 saturated carbocycles. The first kappa shape index (κ1) is 18.8. The van der Waals surface area contributed by atoms with Crippen LogP contribution in [-0.2, 0) is 9.47 Å². The molecule has 0 bridgehead atoms. The van der Waals surface area contributed by atoms with Gasteiger partial charge in [0, 0.05) is 53.0 Å². The summed E-state index contributed by atoms with van der Waals surface area (Å²) in [5, 5.41) is 0. The molecule has 1 heterocycles. The van der Waals surface area contributed by atoms with Crippen LogP contribution in [0, 0.1) is 0 Å². The maximum absolute atomic E-state index is 5.87. The molecule has 0 aromatic carbocycles. The number of hydrogen-bond acceptors (Lipinski definition) is 5. The summed E-state index contributed by atoms with van der Waals surface area (Å²) in [5.74, 6) is 0. The Kier molecular flexibility index (Phi) is 10.1. The van der Waals surface area contributed by atoms with E-state index in [1.54, 1.807) is 7.11 Å². The van der Waals surface area contributed by atoms with Crippen LogP contribution in [0.2, 0.25) is 0 Å². The van der Waals surface area contributed by atoms with Gasteiger partial charge in [-0.05, 0) is 12.8 Å². The molecule has 5 nitrogen and oxygen atoms in total. The fraction of sp³-hybridized carbons (Fsp3) is 0.933. The van der Waals surface area contributed by atoms with Crippen LogP contribution in [0.4, 0.5) is 0 Å². The van der Waals surface area contributed by atoms with Gasteiger partial charge in [-0.1, -0.05) is 25.6 Å². The minimum atomic E-state index is 0.275. The Morgan fingerprint density at radius 2 is 1.90 bits per heavy atom. The van der Waals surface area contributed by atoms with Crippen LogP contribution < -0.4 is 5.73 Å². The molecule has 1 atom stereocenters. The smallest absolute Gasteiger partial charge is 0.0902 e. The Balaban J connectivity index is 2.15. The van der Waals surface area contributed by atoms with Gasteiger partial charge in [0.15, 0.2) is 0 Å². The van der Waals surface area contributed by atoms with Crippen LogP contribution in [0.15, 0.2) is 0 Å². The maximum Gasteiger partial charge on any atom is 0.0902 e. The Morgan fingerprint density at radius 1 is 1.19 bits per heavy atom. The van der Waals surface area contributed by atoms with Gasteiger partial charge in [-0.2, -0.15) is 0 Å².